The molecule has 0 spiro atoms. The van der Waals surface area contributed by atoms with Gasteiger partial charge >= 0.3 is 12.1 Å². The maximum Gasteiger partial charge on any atom is 0.410 e. The van der Waals surface area contributed by atoms with Crippen LogP contribution in [0.3, 0.4) is 0 Å². The van der Waals surface area contributed by atoms with Gasteiger partial charge in [0.25, 0.3) is 0 Å². The highest BCUT2D eigenvalue weighted by Crippen LogP contribution is 2.12. The van der Waals surface area contributed by atoms with Crippen LogP contribution >= 0.6 is 0 Å². The molecular weight excluding hydrogens is 362 g/mol. The molecule has 8 nitrogen and oxygen atoms in total. The van der Waals surface area contributed by atoms with Gasteiger partial charge in [0, 0.05) is 32.7 Å². The molecule has 1 heterocycles. The Balaban J connectivity index is 1.73. The van der Waals surface area contributed by atoms with Crippen LogP contribution in [0, 0.1) is 0 Å². The molecule has 156 valence electrons. The van der Waals surface area contributed by atoms with Crippen molar-refractivity contribution in [2.24, 2.45) is 5.73 Å². The molecule has 3 N–H and O–H groups in total. The zero-order valence-corrected chi connectivity index (χ0v) is 16.8. The number of hydrogen-bond acceptors (Lipinski definition) is 7. The van der Waals surface area contributed by atoms with E-state index in [-0.39, 0.29) is 19.2 Å². The third-order valence-electron chi connectivity index (χ3n) is 4.38. The second-order valence-corrected chi connectivity index (χ2v) is 7.95. The zero-order valence-electron chi connectivity index (χ0n) is 16.8. The van der Waals surface area contributed by atoms with Gasteiger partial charge in [-0.2, -0.15) is 0 Å². The standard InChI is InChI=1S/C20H31N3O5/c1-20(2,3)28-19(26)23-11-9-22(10-12-23)13-16(24)17(21)18(25)27-14-15-7-5-4-6-8-15/h4-8,16-17,24H,9-14,21H2,1-3H3/t16-,17?/m1/s1. The third kappa shape index (κ3) is 7.10. The average molecular weight is 393 g/mol. The summed E-state index contributed by atoms with van der Waals surface area (Å²) in [6, 6.07) is 8.17. The Morgan fingerprint density at radius 1 is 1.14 bits per heavy atom. The number of β-amino-alcohol motifs (C(OH)–C–C–N with tert-alkyl or cyclic N) is 1. The van der Waals surface area contributed by atoms with Crippen molar-refractivity contribution in [3.63, 3.8) is 0 Å². The first-order valence-electron chi connectivity index (χ1n) is 9.50. The van der Waals surface area contributed by atoms with E-state index in [0.717, 1.165) is 5.56 Å². The number of benzene rings is 1. The molecule has 1 aliphatic heterocycles. The Labute approximate surface area is 166 Å². The number of ether oxygens (including phenoxy) is 2. The summed E-state index contributed by atoms with van der Waals surface area (Å²) in [5.74, 6) is -0.635. The second-order valence-electron chi connectivity index (χ2n) is 7.95. The summed E-state index contributed by atoms with van der Waals surface area (Å²) in [7, 11) is 0. The number of hydrogen-bond donors (Lipinski definition) is 2. The molecule has 1 aromatic rings. The van der Waals surface area contributed by atoms with Gasteiger partial charge in [-0.25, -0.2) is 4.79 Å². The lowest BCUT2D eigenvalue weighted by Gasteiger charge is -2.36. The van der Waals surface area contributed by atoms with Crippen molar-refractivity contribution < 1.29 is 24.2 Å². The van der Waals surface area contributed by atoms with Crippen LogP contribution in [0.1, 0.15) is 26.3 Å². The molecule has 1 amide bonds. The Morgan fingerprint density at radius 3 is 2.32 bits per heavy atom. The SMILES string of the molecule is CC(C)(C)OC(=O)N1CCN(C[C@@H](O)C(N)C(=O)OCc2ccccc2)CC1. The van der Waals surface area contributed by atoms with Crippen molar-refractivity contribution in [1.29, 1.82) is 0 Å². The van der Waals surface area contributed by atoms with Crippen molar-refractivity contribution in [2.45, 2.75) is 45.1 Å². The highest BCUT2D eigenvalue weighted by molar-refractivity contribution is 5.76. The van der Waals surface area contributed by atoms with Crippen LogP contribution in [0.5, 0.6) is 0 Å². The third-order valence-corrected chi connectivity index (χ3v) is 4.38. The smallest absolute Gasteiger partial charge is 0.410 e. The van der Waals surface area contributed by atoms with Crippen LogP contribution in [-0.4, -0.2) is 77.4 Å². The minimum atomic E-state index is -1.12. The van der Waals surface area contributed by atoms with E-state index in [1.807, 2.05) is 56.0 Å². The van der Waals surface area contributed by atoms with E-state index in [0.29, 0.717) is 26.2 Å². The molecule has 28 heavy (non-hydrogen) atoms. The first kappa shape index (κ1) is 22.1. The molecule has 0 saturated carbocycles. The molecular formula is C20H31N3O5. The van der Waals surface area contributed by atoms with Crippen LogP contribution < -0.4 is 5.73 Å². The van der Waals surface area contributed by atoms with Crippen molar-refractivity contribution in [3.05, 3.63) is 35.9 Å². The molecule has 1 fully saturated rings. The monoisotopic (exact) mass is 393 g/mol. The first-order valence-corrected chi connectivity index (χ1v) is 9.50. The number of piperazine rings is 1. The number of aliphatic hydroxyl groups excluding tert-OH is 1. The number of aliphatic hydroxyl groups is 1. The summed E-state index contributed by atoms with van der Waals surface area (Å²) >= 11 is 0. The summed E-state index contributed by atoms with van der Waals surface area (Å²) in [5, 5.41) is 10.3. The topological polar surface area (TPSA) is 105 Å². The molecule has 2 atom stereocenters. The molecule has 0 aliphatic carbocycles. The minimum absolute atomic E-state index is 0.120. The summed E-state index contributed by atoms with van der Waals surface area (Å²) in [4.78, 5) is 27.8. The van der Waals surface area contributed by atoms with E-state index in [1.54, 1.807) is 4.90 Å². The zero-order chi connectivity index (χ0) is 20.7. The maximum absolute atomic E-state index is 12.1. The molecule has 0 bridgehead atoms. The lowest BCUT2D eigenvalue weighted by atomic mass is 10.1. The predicted molar refractivity (Wildman–Crippen MR) is 104 cm³/mol. The minimum Gasteiger partial charge on any atom is -0.460 e. The Hall–Kier alpha value is -2.16. The summed E-state index contributed by atoms with van der Waals surface area (Å²) in [6.45, 7) is 7.98. The first-order chi connectivity index (χ1) is 13.2. The highest BCUT2D eigenvalue weighted by Gasteiger charge is 2.30. The van der Waals surface area contributed by atoms with Gasteiger partial charge in [-0.1, -0.05) is 30.3 Å². The number of carbonyl (C=O) groups is 2. The van der Waals surface area contributed by atoms with Gasteiger partial charge in [0.05, 0.1) is 6.10 Å². The average Bonchev–Trinajstić information content (AvgIpc) is 2.65. The normalized spacial score (nSPS) is 17.7. The lowest BCUT2D eigenvalue weighted by Crippen LogP contribution is -2.54. The van der Waals surface area contributed by atoms with E-state index in [4.69, 9.17) is 15.2 Å². The summed E-state index contributed by atoms with van der Waals surface area (Å²) in [5.41, 5.74) is 6.18. The molecule has 1 aliphatic rings. The number of amides is 1. The quantitative estimate of drug-likeness (QED) is 0.694. The second kappa shape index (κ2) is 9.86. The van der Waals surface area contributed by atoms with E-state index in [1.165, 1.54) is 0 Å². The van der Waals surface area contributed by atoms with Crippen molar-refractivity contribution in [3.8, 4) is 0 Å². The van der Waals surface area contributed by atoms with E-state index in [2.05, 4.69) is 0 Å². The number of esters is 1. The molecule has 2 rings (SSSR count). The molecule has 1 saturated heterocycles. The van der Waals surface area contributed by atoms with Crippen molar-refractivity contribution in [1.82, 2.24) is 9.80 Å². The van der Waals surface area contributed by atoms with Crippen LogP contribution in [0.25, 0.3) is 0 Å². The van der Waals surface area contributed by atoms with E-state index in [9.17, 15) is 14.7 Å². The van der Waals surface area contributed by atoms with Crippen LogP contribution in [0.15, 0.2) is 30.3 Å². The van der Waals surface area contributed by atoms with Crippen LogP contribution in [-0.2, 0) is 20.9 Å². The molecule has 1 aromatic carbocycles. The highest BCUT2D eigenvalue weighted by atomic mass is 16.6. The Morgan fingerprint density at radius 2 is 1.75 bits per heavy atom. The van der Waals surface area contributed by atoms with Gasteiger partial charge in [0.2, 0.25) is 0 Å². The van der Waals surface area contributed by atoms with Crippen LogP contribution in [0.2, 0.25) is 0 Å². The van der Waals surface area contributed by atoms with E-state index < -0.39 is 23.7 Å². The largest absolute Gasteiger partial charge is 0.460 e. The van der Waals surface area contributed by atoms with Gasteiger partial charge in [-0.15, -0.1) is 0 Å². The van der Waals surface area contributed by atoms with Gasteiger partial charge < -0.3 is 25.2 Å². The van der Waals surface area contributed by atoms with E-state index >= 15 is 0 Å². The Bertz CT molecular complexity index is 639. The number of carbonyl (C=O) groups excluding carboxylic acids is 2. The summed E-state index contributed by atoms with van der Waals surface area (Å²) in [6.07, 6.45) is -1.38. The van der Waals surface area contributed by atoms with Gasteiger partial charge in [0.1, 0.15) is 18.2 Å². The molecule has 0 radical (unpaired) electrons. The fourth-order valence-corrected chi connectivity index (χ4v) is 2.80. The number of nitrogens with zero attached hydrogens (tertiary/aromatic N) is 2. The van der Waals surface area contributed by atoms with Crippen LogP contribution in [0.4, 0.5) is 4.79 Å². The maximum atomic E-state index is 12.1. The molecule has 8 heteroatoms. The summed E-state index contributed by atoms with van der Waals surface area (Å²) < 4.78 is 10.5. The fourth-order valence-electron chi connectivity index (χ4n) is 2.80. The fraction of sp³-hybridized carbons (Fsp3) is 0.600. The van der Waals surface area contributed by atoms with Gasteiger partial charge in [-0.05, 0) is 26.3 Å². The number of rotatable bonds is 6. The Kier molecular flexibility index (Phi) is 7.79. The van der Waals surface area contributed by atoms with Crippen molar-refractivity contribution >= 4 is 12.1 Å². The van der Waals surface area contributed by atoms with Gasteiger partial charge in [0.15, 0.2) is 0 Å². The predicted octanol–water partition coefficient (Wildman–Crippen LogP) is 0.971. The lowest BCUT2D eigenvalue weighted by molar-refractivity contribution is -0.149. The molecule has 0 aromatic heterocycles. The number of nitrogens with two attached hydrogens (primary N) is 1. The van der Waals surface area contributed by atoms with Crippen molar-refractivity contribution in [2.75, 3.05) is 32.7 Å². The molecule has 1 unspecified atom stereocenters. The van der Waals surface area contributed by atoms with Gasteiger partial charge in [-0.3, -0.25) is 9.69 Å².